The van der Waals surface area contributed by atoms with Gasteiger partial charge in [-0.2, -0.15) is 0 Å². The van der Waals surface area contributed by atoms with Crippen LogP contribution < -0.4 is 0 Å². The van der Waals surface area contributed by atoms with Crippen LogP contribution in [-0.4, -0.2) is 28.6 Å². The minimum absolute atomic E-state index is 0.173. The number of benzene rings is 1. The number of carboxylic acids is 1. The average Bonchev–Trinajstić information content (AvgIpc) is 2.87. The van der Waals surface area contributed by atoms with Crippen LogP contribution in [0.15, 0.2) is 24.3 Å². The number of likely N-dealkylation sites (tertiary alicyclic amines) is 1. The van der Waals surface area contributed by atoms with Crippen molar-refractivity contribution < 1.29 is 9.90 Å². The highest BCUT2D eigenvalue weighted by Gasteiger charge is 2.33. The molecule has 0 aromatic heterocycles. The van der Waals surface area contributed by atoms with Crippen LogP contribution in [-0.2, 0) is 11.2 Å². The SMILES string of the molecule is CC(C)Cc1ccc(C(C)N2CCCC2C(=O)O)cc1. The molecule has 1 aliphatic heterocycles. The van der Waals surface area contributed by atoms with Gasteiger partial charge in [-0.3, -0.25) is 9.69 Å². The van der Waals surface area contributed by atoms with Crippen molar-refractivity contribution in [2.45, 2.75) is 52.1 Å². The van der Waals surface area contributed by atoms with E-state index in [9.17, 15) is 9.90 Å². The molecule has 1 N–H and O–H groups in total. The smallest absolute Gasteiger partial charge is 0.320 e. The molecule has 3 nitrogen and oxygen atoms in total. The van der Waals surface area contributed by atoms with Gasteiger partial charge in [-0.05, 0) is 49.8 Å². The van der Waals surface area contributed by atoms with E-state index in [0.29, 0.717) is 5.92 Å². The lowest BCUT2D eigenvalue weighted by molar-refractivity contribution is -0.142. The third-order valence-corrected chi connectivity index (χ3v) is 4.18. The van der Waals surface area contributed by atoms with Gasteiger partial charge < -0.3 is 5.11 Å². The van der Waals surface area contributed by atoms with Gasteiger partial charge in [0, 0.05) is 6.04 Å². The molecule has 0 aliphatic carbocycles. The number of carbonyl (C=O) groups is 1. The molecule has 1 aromatic rings. The van der Waals surface area contributed by atoms with Crippen LogP contribution in [0.5, 0.6) is 0 Å². The molecule has 2 atom stereocenters. The van der Waals surface area contributed by atoms with E-state index in [2.05, 4.69) is 49.9 Å². The summed E-state index contributed by atoms with van der Waals surface area (Å²) in [7, 11) is 0. The van der Waals surface area contributed by atoms with Crippen molar-refractivity contribution in [1.29, 1.82) is 0 Å². The highest BCUT2D eigenvalue weighted by molar-refractivity contribution is 5.73. The molecule has 0 amide bonds. The molecule has 1 heterocycles. The number of carboxylic acid groups (broad SMARTS) is 1. The molecule has 3 heteroatoms. The van der Waals surface area contributed by atoms with Crippen molar-refractivity contribution in [3.05, 3.63) is 35.4 Å². The molecule has 0 radical (unpaired) electrons. The molecule has 1 saturated heterocycles. The summed E-state index contributed by atoms with van der Waals surface area (Å²) in [4.78, 5) is 13.4. The Hall–Kier alpha value is -1.35. The van der Waals surface area contributed by atoms with Gasteiger partial charge in [-0.25, -0.2) is 0 Å². The van der Waals surface area contributed by atoms with Crippen LogP contribution in [0.4, 0.5) is 0 Å². The summed E-state index contributed by atoms with van der Waals surface area (Å²) in [5.74, 6) is -0.0287. The second-order valence-corrected chi connectivity index (χ2v) is 6.25. The minimum atomic E-state index is -0.689. The molecule has 1 aromatic carbocycles. The fourth-order valence-corrected chi connectivity index (χ4v) is 3.11. The van der Waals surface area contributed by atoms with Gasteiger partial charge in [0.25, 0.3) is 0 Å². The molecule has 0 saturated carbocycles. The first-order valence-corrected chi connectivity index (χ1v) is 7.56. The van der Waals surface area contributed by atoms with Crippen molar-refractivity contribution in [2.24, 2.45) is 5.92 Å². The first-order valence-electron chi connectivity index (χ1n) is 7.56. The Balaban J connectivity index is 2.08. The molecule has 110 valence electrons. The predicted octanol–water partition coefficient (Wildman–Crippen LogP) is 3.50. The van der Waals surface area contributed by atoms with E-state index in [-0.39, 0.29) is 12.1 Å². The molecular weight excluding hydrogens is 250 g/mol. The third-order valence-electron chi connectivity index (χ3n) is 4.18. The first-order chi connectivity index (χ1) is 9.49. The highest BCUT2D eigenvalue weighted by Crippen LogP contribution is 2.29. The zero-order valence-corrected chi connectivity index (χ0v) is 12.7. The van der Waals surface area contributed by atoms with Crippen molar-refractivity contribution in [3.63, 3.8) is 0 Å². The average molecular weight is 275 g/mol. The fraction of sp³-hybridized carbons (Fsp3) is 0.588. The van der Waals surface area contributed by atoms with Gasteiger partial charge in [0.15, 0.2) is 0 Å². The molecule has 2 unspecified atom stereocenters. The van der Waals surface area contributed by atoms with Gasteiger partial charge >= 0.3 is 5.97 Å². The second-order valence-electron chi connectivity index (χ2n) is 6.25. The predicted molar refractivity (Wildman–Crippen MR) is 80.8 cm³/mol. The van der Waals surface area contributed by atoms with E-state index >= 15 is 0 Å². The Morgan fingerprint density at radius 3 is 2.50 bits per heavy atom. The monoisotopic (exact) mass is 275 g/mol. The number of hydrogen-bond donors (Lipinski definition) is 1. The Labute approximate surface area is 121 Å². The Bertz CT molecular complexity index is 453. The van der Waals surface area contributed by atoms with Gasteiger partial charge in [0.1, 0.15) is 6.04 Å². The lowest BCUT2D eigenvalue weighted by Crippen LogP contribution is -2.37. The first kappa shape index (κ1) is 15.0. The van der Waals surface area contributed by atoms with Crippen LogP contribution in [0.1, 0.15) is 50.8 Å². The summed E-state index contributed by atoms with van der Waals surface area (Å²) in [6.07, 6.45) is 2.84. The second kappa shape index (κ2) is 6.40. The molecule has 2 rings (SSSR count). The maximum absolute atomic E-state index is 11.3. The number of rotatable bonds is 5. The van der Waals surface area contributed by atoms with Crippen LogP contribution in [0.3, 0.4) is 0 Å². The van der Waals surface area contributed by atoms with Crippen molar-refractivity contribution >= 4 is 5.97 Å². The topological polar surface area (TPSA) is 40.5 Å². The van der Waals surface area contributed by atoms with Crippen molar-refractivity contribution in [1.82, 2.24) is 4.90 Å². The van der Waals surface area contributed by atoms with Gasteiger partial charge in [-0.15, -0.1) is 0 Å². The van der Waals surface area contributed by atoms with Gasteiger partial charge in [0.2, 0.25) is 0 Å². The third kappa shape index (κ3) is 3.40. The fourth-order valence-electron chi connectivity index (χ4n) is 3.11. The van der Waals surface area contributed by atoms with E-state index in [0.717, 1.165) is 25.8 Å². The van der Waals surface area contributed by atoms with Gasteiger partial charge in [-0.1, -0.05) is 38.1 Å². The standard InChI is InChI=1S/C17H25NO2/c1-12(2)11-14-6-8-15(9-7-14)13(3)18-10-4-5-16(18)17(19)20/h6-9,12-13,16H,4-5,10-11H2,1-3H3,(H,19,20). The van der Waals surface area contributed by atoms with Crippen LogP contribution in [0, 0.1) is 5.92 Å². The number of aliphatic carboxylic acids is 1. The number of hydrogen-bond acceptors (Lipinski definition) is 2. The Morgan fingerprint density at radius 2 is 1.95 bits per heavy atom. The largest absolute Gasteiger partial charge is 0.480 e. The minimum Gasteiger partial charge on any atom is -0.480 e. The molecule has 1 aliphatic rings. The molecular formula is C17H25NO2. The quantitative estimate of drug-likeness (QED) is 0.894. The Morgan fingerprint density at radius 1 is 1.30 bits per heavy atom. The summed E-state index contributed by atoms with van der Waals surface area (Å²) in [6.45, 7) is 7.43. The molecule has 0 spiro atoms. The summed E-state index contributed by atoms with van der Waals surface area (Å²) in [5, 5.41) is 9.28. The van der Waals surface area contributed by atoms with Crippen molar-refractivity contribution in [2.75, 3.05) is 6.54 Å². The normalized spacial score (nSPS) is 21.3. The Kier molecular flexibility index (Phi) is 4.81. The van der Waals surface area contributed by atoms with Crippen LogP contribution in [0.2, 0.25) is 0 Å². The molecule has 1 fully saturated rings. The van der Waals surface area contributed by atoms with Crippen molar-refractivity contribution in [3.8, 4) is 0 Å². The highest BCUT2D eigenvalue weighted by atomic mass is 16.4. The maximum atomic E-state index is 11.3. The summed E-state index contributed by atoms with van der Waals surface area (Å²) < 4.78 is 0. The number of nitrogens with zero attached hydrogens (tertiary/aromatic N) is 1. The zero-order chi connectivity index (χ0) is 14.7. The summed E-state index contributed by atoms with van der Waals surface area (Å²) >= 11 is 0. The van der Waals surface area contributed by atoms with E-state index in [1.165, 1.54) is 11.1 Å². The lowest BCUT2D eigenvalue weighted by atomic mass is 9.99. The molecule has 20 heavy (non-hydrogen) atoms. The van der Waals surface area contributed by atoms with E-state index in [1.807, 2.05) is 0 Å². The van der Waals surface area contributed by atoms with Crippen LogP contribution >= 0.6 is 0 Å². The summed E-state index contributed by atoms with van der Waals surface area (Å²) in [5.41, 5.74) is 2.57. The van der Waals surface area contributed by atoms with E-state index < -0.39 is 5.97 Å². The summed E-state index contributed by atoms with van der Waals surface area (Å²) in [6, 6.07) is 8.52. The maximum Gasteiger partial charge on any atom is 0.320 e. The lowest BCUT2D eigenvalue weighted by Gasteiger charge is -2.28. The zero-order valence-electron chi connectivity index (χ0n) is 12.7. The molecule has 0 bridgehead atoms. The van der Waals surface area contributed by atoms with E-state index in [4.69, 9.17) is 0 Å². The van der Waals surface area contributed by atoms with E-state index in [1.54, 1.807) is 0 Å². The van der Waals surface area contributed by atoms with Crippen LogP contribution in [0.25, 0.3) is 0 Å². The van der Waals surface area contributed by atoms with Gasteiger partial charge in [0.05, 0.1) is 0 Å².